The molecule has 2 aliphatic heterocycles. The summed E-state index contributed by atoms with van der Waals surface area (Å²) >= 11 is 0. The van der Waals surface area contributed by atoms with E-state index in [1.54, 1.807) is 19.0 Å². The maximum absolute atomic E-state index is 13.6. The van der Waals surface area contributed by atoms with Crippen molar-refractivity contribution in [2.24, 2.45) is 5.92 Å². The zero-order valence-corrected chi connectivity index (χ0v) is 18.0. The second-order valence-corrected chi connectivity index (χ2v) is 8.62. The third-order valence-electron chi connectivity index (χ3n) is 6.46. The molecule has 1 atom stereocenters. The van der Waals surface area contributed by atoms with Gasteiger partial charge in [-0.1, -0.05) is 54.6 Å². The first-order valence-corrected chi connectivity index (χ1v) is 10.9. The summed E-state index contributed by atoms with van der Waals surface area (Å²) in [4.78, 5) is 31.4. The summed E-state index contributed by atoms with van der Waals surface area (Å²) in [5.74, 6) is 0.252. The molecule has 2 aromatic carbocycles. The number of benzene rings is 2. The number of likely N-dealkylation sites (tertiary alicyclic amines) is 1. The number of amides is 3. The van der Waals surface area contributed by atoms with Crippen molar-refractivity contribution in [1.29, 1.82) is 0 Å². The van der Waals surface area contributed by atoms with Crippen LogP contribution in [-0.2, 0) is 17.6 Å². The van der Waals surface area contributed by atoms with Crippen LogP contribution in [0.4, 0.5) is 4.79 Å². The van der Waals surface area contributed by atoms with E-state index < -0.39 is 0 Å². The highest BCUT2D eigenvalue weighted by Gasteiger charge is 2.36. The molecule has 0 unspecified atom stereocenters. The van der Waals surface area contributed by atoms with Crippen molar-refractivity contribution in [2.75, 3.05) is 33.7 Å². The maximum atomic E-state index is 13.6. The fourth-order valence-corrected chi connectivity index (χ4v) is 4.81. The van der Waals surface area contributed by atoms with Gasteiger partial charge in [-0.15, -0.1) is 0 Å². The molecule has 1 saturated heterocycles. The molecule has 2 heterocycles. The van der Waals surface area contributed by atoms with E-state index in [9.17, 15) is 9.59 Å². The van der Waals surface area contributed by atoms with Crippen LogP contribution in [-0.4, -0.2) is 60.4 Å². The van der Waals surface area contributed by atoms with Gasteiger partial charge >= 0.3 is 6.03 Å². The molecule has 0 saturated carbocycles. The Kier molecular flexibility index (Phi) is 6.07. The van der Waals surface area contributed by atoms with Crippen LogP contribution < -0.4 is 0 Å². The van der Waals surface area contributed by atoms with Gasteiger partial charge in [0.2, 0.25) is 5.91 Å². The number of fused-ring (bicyclic) bond motifs is 1. The monoisotopic (exact) mass is 405 g/mol. The van der Waals surface area contributed by atoms with Crippen LogP contribution in [0.2, 0.25) is 0 Å². The summed E-state index contributed by atoms with van der Waals surface area (Å²) < 4.78 is 0. The minimum absolute atomic E-state index is 0.000233. The number of carbonyl (C=O) groups excluding carboxylic acids is 2. The molecule has 5 nitrogen and oxygen atoms in total. The summed E-state index contributed by atoms with van der Waals surface area (Å²) in [7, 11) is 3.55. The summed E-state index contributed by atoms with van der Waals surface area (Å²) in [6.07, 6.45) is 3.23. The molecule has 0 aliphatic carbocycles. The third-order valence-corrected chi connectivity index (χ3v) is 6.46. The Labute approximate surface area is 179 Å². The van der Waals surface area contributed by atoms with Crippen molar-refractivity contribution >= 4 is 11.9 Å². The van der Waals surface area contributed by atoms with Crippen molar-refractivity contribution in [1.82, 2.24) is 14.7 Å². The molecule has 2 aliphatic rings. The highest BCUT2D eigenvalue weighted by molar-refractivity contribution is 5.80. The van der Waals surface area contributed by atoms with Gasteiger partial charge in [0.05, 0.1) is 6.04 Å². The lowest BCUT2D eigenvalue weighted by molar-refractivity contribution is -0.140. The summed E-state index contributed by atoms with van der Waals surface area (Å²) in [5.41, 5.74) is 3.89. The first-order valence-electron chi connectivity index (χ1n) is 10.9. The van der Waals surface area contributed by atoms with Crippen LogP contribution in [0.25, 0.3) is 0 Å². The van der Waals surface area contributed by atoms with E-state index in [0.29, 0.717) is 13.1 Å². The highest BCUT2D eigenvalue weighted by atomic mass is 16.2. The minimum Gasteiger partial charge on any atom is -0.335 e. The Morgan fingerprint density at radius 1 is 0.933 bits per heavy atom. The smallest absolute Gasteiger partial charge is 0.319 e. The van der Waals surface area contributed by atoms with E-state index in [2.05, 4.69) is 53.4 Å². The average Bonchev–Trinajstić information content (AvgIpc) is 2.79. The first-order chi connectivity index (χ1) is 14.5. The number of hydrogen-bond acceptors (Lipinski definition) is 2. The predicted octanol–water partition coefficient (Wildman–Crippen LogP) is 3.75. The predicted molar refractivity (Wildman–Crippen MR) is 118 cm³/mol. The second kappa shape index (κ2) is 8.90. The van der Waals surface area contributed by atoms with E-state index in [1.807, 2.05) is 11.0 Å². The van der Waals surface area contributed by atoms with Crippen molar-refractivity contribution in [3.63, 3.8) is 0 Å². The minimum atomic E-state index is -0.000233. The molecule has 0 spiro atoms. The molecular weight excluding hydrogens is 374 g/mol. The molecule has 1 fully saturated rings. The Balaban J connectivity index is 1.52. The van der Waals surface area contributed by atoms with Crippen molar-refractivity contribution < 1.29 is 9.59 Å². The molecule has 158 valence electrons. The number of piperidine rings is 1. The molecule has 3 amide bonds. The van der Waals surface area contributed by atoms with Gasteiger partial charge in [-0.3, -0.25) is 4.79 Å². The van der Waals surface area contributed by atoms with E-state index >= 15 is 0 Å². The van der Waals surface area contributed by atoms with Gasteiger partial charge in [-0.2, -0.15) is 0 Å². The normalized spacial score (nSPS) is 19.3. The summed E-state index contributed by atoms with van der Waals surface area (Å²) in [6.45, 7) is 2.08. The molecular formula is C25H31N3O2. The zero-order valence-electron chi connectivity index (χ0n) is 18.0. The molecule has 2 aromatic rings. The van der Waals surface area contributed by atoms with Gasteiger partial charge < -0.3 is 14.7 Å². The number of nitrogens with zero attached hydrogens (tertiary/aromatic N) is 3. The Morgan fingerprint density at radius 2 is 1.60 bits per heavy atom. The molecule has 0 radical (unpaired) electrons. The van der Waals surface area contributed by atoms with Crippen LogP contribution in [0.1, 0.15) is 35.6 Å². The highest BCUT2D eigenvalue weighted by Crippen LogP contribution is 2.35. The fraction of sp³-hybridized carbons (Fsp3) is 0.440. The van der Waals surface area contributed by atoms with E-state index in [4.69, 9.17) is 0 Å². The molecule has 4 rings (SSSR count). The van der Waals surface area contributed by atoms with E-state index in [1.165, 1.54) is 16.7 Å². The Bertz CT molecular complexity index is 888. The third kappa shape index (κ3) is 4.20. The van der Waals surface area contributed by atoms with Gasteiger partial charge in [-0.25, -0.2) is 4.79 Å². The van der Waals surface area contributed by atoms with Crippen LogP contribution in [0.3, 0.4) is 0 Å². The van der Waals surface area contributed by atoms with Crippen LogP contribution >= 0.6 is 0 Å². The van der Waals surface area contributed by atoms with Gasteiger partial charge in [0.15, 0.2) is 0 Å². The lowest BCUT2D eigenvalue weighted by Crippen LogP contribution is -2.49. The topological polar surface area (TPSA) is 43.9 Å². The maximum Gasteiger partial charge on any atom is 0.319 e. The van der Waals surface area contributed by atoms with Crippen LogP contribution in [0.15, 0.2) is 54.6 Å². The average molecular weight is 406 g/mol. The Morgan fingerprint density at radius 3 is 2.30 bits per heavy atom. The quantitative estimate of drug-likeness (QED) is 0.781. The van der Waals surface area contributed by atoms with Crippen molar-refractivity contribution in [3.05, 3.63) is 71.3 Å². The standard InChI is InChI=1S/C25H31N3O2/c1-26(2)25(30)27-15-12-21(13-16-27)24(29)28-17-14-20-10-6-7-11-22(20)23(28)18-19-8-4-3-5-9-19/h3-11,21,23H,12-18H2,1-2H3/t23-/m0/s1. The molecule has 5 heteroatoms. The molecule has 0 N–H and O–H groups in total. The number of urea groups is 1. The zero-order chi connectivity index (χ0) is 21.1. The summed E-state index contributed by atoms with van der Waals surface area (Å²) in [5, 5.41) is 0. The summed E-state index contributed by atoms with van der Waals surface area (Å²) in [6, 6.07) is 19.1. The lowest BCUT2D eigenvalue weighted by atomic mass is 9.86. The van der Waals surface area contributed by atoms with E-state index in [0.717, 1.165) is 32.2 Å². The molecule has 30 heavy (non-hydrogen) atoms. The Hall–Kier alpha value is -2.82. The number of rotatable bonds is 3. The number of hydrogen-bond donors (Lipinski definition) is 0. The van der Waals surface area contributed by atoms with E-state index in [-0.39, 0.29) is 23.9 Å². The molecule has 0 bridgehead atoms. The van der Waals surface area contributed by atoms with Crippen molar-refractivity contribution in [3.8, 4) is 0 Å². The lowest BCUT2D eigenvalue weighted by Gasteiger charge is -2.41. The fourth-order valence-electron chi connectivity index (χ4n) is 4.81. The van der Waals surface area contributed by atoms with Gasteiger partial charge in [0.1, 0.15) is 0 Å². The number of carbonyl (C=O) groups is 2. The largest absolute Gasteiger partial charge is 0.335 e. The van der Waals surface area contributed by atoms with Gasteiger partial charge in [0.25, 0.3) is 0 Å². The van der Waals surface area contributed by atoms with Crippen LogP contribution in [0.5, 0.6) is 0 Å². The second-order valence-electron chi connectivity index (χ2n) is 8.62. The first kappa shape index (κ1) is 20.5. The molecule has 0 aromatic heterocycles. The van der Waals surface area contributed by atoms with Crippen molar-refractivity contribution in [2.45, 2.75) is 31.7 Å². The van der Waals surface area contributed by atoms with Crippen LogP contribution in [0, 0.1) is 5.92 Å². The van der Waals surface area contributed by atoms with Gasteiger partial charge in [0, 0.05) is 39.6 Å². The van der Waals surface area contributed by atoms with Gasteiger partial charge in [-0.05, 0) is 42.4 Å². The SMILES string of the molecule is CN(C)C(=O)N1CCC(C(=O)N2CCc3ccccc3[C@@H]2Cc2ccccc2)CC1.